The summed E-state index contributed by atoms with van der Waals surface area (Å²) in [6, 6.07) is 4.85. The number of benzene rings is 1. The van der Waals surface area contributed by atoms with Gasteiger partial charge in [-0.1, -0.05) is 25.3 Å². The molecule has 0 radical (unpaired) electrons. The van der Waals surface area contributed by atoms with E-state index in [1.165, 1.54) is 31.4 Å². The molecule has 2 heteroatoms. The minimum atomic E-state index is -0.491. The van der Waals surface area contributed by atoms with E-state index in [2.05, 4.69) is 0 Å². The van der Waals surface area contributed by atoms with Crippen LogP contribution in [0.25, 0.3) is 0 Å². The molecular formula is C14H19FO. The van der Waals surface area contributed by atoms with Crippen LogP contribution in [-0.2, 0) is 0 Å². The van der Waals surface area contributed by atoms with Crippen LogP contribution in [0.4, 0.5) is 4.39 Å². The molecule has 1 atom stereocenters. The van der Waals surface area contributed by atoms with Gasteiger partial charge < -0.3 is 5.11 Å². The van der Waals surface area contributed by atoms with E-state index in [0.717, 1.165) is 24.0 Å². The fraction of sp³-hybridized carbons (Fsp3) is 0.571. The van der Waals surface area contributed by atoms with Crippen molar-refractivity contribution in [2.75, 3.05) is 0 Å². The second-order valence-electron chi connectivity index (χ2n) is 4.90. The zero-order valence-electron chi connectivity index (χ0n) is 9.75. The van der Waals surface area contributed by atoms with Crippen molar-refractivity contribution >= 4 is 0 Å². The maximum Gasteiger partial charge on any atom is 0.123 e. The van der Waals surface area contributed by atoms with Crippen molar-refractivity contribution in [3.8, 4) is 0 Å². The maximum atomic E-state index is 13.2. The topological polar surface area (TPSA) is 20.2 Å². The Morgan fingerprint density at radius 3 is 2.50 bits per heavy atom. The number of aryl methyl sites for hydroxylation is 1. The molecule has 1 aliphatic carbocycles. The monoisotopic (exact) mass is 222 g/mol. The van der Waals surface area contributed by atoms with E-state index in [9.17, 15) is 9.50 Å². The lowest BCUT2D eigenvalue weighted by molar-refractivity contribution is 0.0845. The summed E-state index contributed by atoms with van der Waals surface area (Å²) in [6.45, 7) is 1.86. The Balaban J connectivity index is 2.15. The SMILES string of the molecule is Cc1cc(F)cc(C(O)C2CCCCC2)c1. The second-order valence-corrected chi connectivity index (χ2v) is 4.90. The first-order chi connectivity index (χ1) is 7.66. The molecule has 0 bridgehead atoms. The van der Waals surface area contributed by atoms with Gasteiger partial charge in [0.05, 0.1) is 6.10 Å². The molecule has 1 fully saturated rings. The molecule has 1 aromatic carbocycles. The quantitative estimate of drug-likeness (QED) is 0.808. The summed E-state index contributed by atoms with van der Waals surface area (Å²) in [5.74, 6) is 0.0693. The molecule has 0 aliphatic heterocycles. The highest BCUT2D eigenvalue weighted by Crippen LogP contribution is 2.34. The molecule has 0 aromatic heterocycles. The van der Waals surface area contributed by atoms with Crippen molar-refractivity contribution < 1.29 is 9.50 Å². The first-order valence-corrected chi connectivity index (χ1v) is 6.12. The van der Waals surface area contributed by atoms with Crippen molar-refractivity contribution in [3.63, 3.8) is 0 Å². The molecule has 1 unspecified atom stereocenters. The minimum Gasteiger partial charge on any atom is -0.388 e. The Kier molecular flexibility index (Phi) is 3.59. The number of aliphatic hydroxyl groups is 1. The molecular weight excluding hydrogens is 203 g/mol. The Morgan fingerprint density at radius 1 is 1.19 bits per heavy atom. The van der Waals surface area contributed by atoms with E-state index in [1.807, 2.05) is 13.0 Å². The number of hydrogen-bond donors (Lipinski definition) is 1. The zero-order valence-corrected chi connectivity index (χ0v) is 9.75. The van der Waals surface area contributed by atoms with Crippen LogP contribution in [0, 0.1) is 18.7 Å². The number of aliphatic hydroxyl groups excluding tert-OH is 1. The van der Waals surface area contributed by atoms with Crippen molar-refractivity contribution in [1.82, 2.24) is 0 Å². The Hall–Kier alpha value is -0.890. The van der Waals surface area contributed by atoms with Crippen LogP contribution in [0.3, 0.4) is 0 Å². The minimum absolute atomic E-state index is 0.246. The van der Waals surface area contributed by atoms with Gasteiger partial charge in [-0.15, -0.1) is 0 Å². The fourth-order valence-corrected chi connectivity index (χ4v) is 2.66. The molecule has 88 valence electrons. The molecule has 2 rings (SSSR count). The van der Waals surface area contributed by atoms with Gasteiger partial charge in [-0.25, -0.2) is 4.39 Å². The van der Waals surface area contributed by atoms with Crippen molar-refractivity contribution in [1.29, 1.82) is 0 Å². The van der Waals surface area contributed by atoms with Crippen LogP contribution in [0.2, 0.25) is 0 Å². The first-order valence-electron chi connectivity index (χ1n) is 6.12. The lowest BCUT2D eigenvalue weighted by Gasteiger charge is -2.27. The highest BCUT2D eigenvalue weighted by molar-refractivity contribution is 5.25. The summed E-state index contributed by atoms with van der Waals surface area (Å²) in [7, 11) is 0. The number of hydrogen-bond acceptors (Lipinski definition) is 1. The van der Waals surface area contributed by atoms with E-state index in [0.29, 0.717) is 5.92 Å². The highest BCUT2D eigenvalue weighted by atomic mass is 19.1. The molecule has 0 heterocycles. The molecule has 0 spiro atoms. The average Bonchev–Trinajstić information content (AvgIpc) is 2.28. The highest BCUT2D eigenvalue weighted by Gasteiger charge is 2.23. The largest absolute Gasteiger partial charge is 0.388 e. The van der Waals surface area contributed by atoms with Gasteiger partial charge in [0.1, 0.15) is 5.82 Å². The van der Waals surface area contributed by atoms with Gasteiger partial charge in [-0.3, -0.25) is 0 Å². The van der Waals surface area contributed by atoms with Gasteiger partial charge in [-0.05, 0) is 48.9 Å². The molecule has 1 N–H and O–H groups in total. The average molecular weight is 222 g/mol. The lowest BCUT2D eigenvalue weighted by atomic mass is 9.82. The van der Waals surface area contributed by atoms with Gasteiger partial charge in [0.15, 0.2) is 0 Å². The molecule has 1 nitrogen and oxygen atoms in total. The summed E-state index contributed by atoms with van der Waals surface area (Å²) in [5, 5.41) is 10.2. The molecule has 1 aromatic rings. The van der Waals surface area contributed by atoms with Crippen LogP contribution >= 0.6 is 0 Å². The van der Waals surface area contributed by atoms with E-state index in [-0.39, 0.29) is 5.82 Å². The maximum absolute atomic E-state index is 13.2. The van der Waals surface area contributed by atoms with E-state index in [4.69, 9.17) is 0 Å². The van der Waals surface area contributed by atoms with Crippen LogP contribution in [0.1, 0.15) is 49.3 Å². The summed E-state index contributed by atoms with van der Waals surface area (Å²) in [6.07, 6.45) is 5.29. The zero-order chi connectivity index (χ0) is 11.5. The summed E-state index contributed by atoms with van der Waals surface area (Å²) in [5.41, 5.74) is 1.62. The van der Waals surface area contributed by atoms with Crippen LogP contribution in [0.5, 0.6) is 0 Å². The molecule has 0 amide bonds. The Bertz CT molecular complexity index is 336. The van der Waals surface area contributed by atoms with Crippen LogP contribution in [0.15, 0.2) is 18.2 Å². The van der Waals surface area contributed by atoms with E-state index < -0.39 is 6.10 Å². The van der Waals surface area contributed by atoms with Crippen LogP contribution < -0.4 is 0 Å². The van der Waals surface area contributed by atoms with Gasteiger partial charge >= 0.3 is 0 Å². The molecule has 0 saturated heterocycles. The lowest BCUT2D eigenvalue weighted by Crippen LogP contribution is -2.16. The van der Waals surface area contributed by atoms with Crippen molar-refractivity contribution in [3.05, 3.63) is 35.1 Å². The third kappa shape index (κ3) is 2.62. The number of halogens is 1. The van der Waals surface area contributed by atoms with Gasteiger partial charge in [-0.2, -0.15) is 0 Å². The van der Waals surface area contributed by atoms with Gasteiger partial charge in [0, 0.05) is 0 Å². The van der Waals surface area contributed by atoms with E-state index in [1.54, 1.807) is 0 Å². The third-order valence-electron chi connectivity index (χ3n) is 3.50. The summed E-state index contributed by atoms with van der Waals surface area (Å²) < 4.78 is 13.2. The van der Waals surface area contributed by atoms with Crippen molar-refractivity contribution in [2.24, 2.45) is 5.92 Å². The predicted octanol–water partition coefficient (Wildman–Crippen LogP) is 3.75. The fourth-order valence-electron chi connectivity index (χ4n) is 2.66. The van der Waals surface area contributed by atoms with Crippen LogP contribution in [-0.4, -0.2) is 5.11 Å². The third-order valence-corrected chi connectivity index (χ3v) is 3.50. The molecule has 16 heavy (non-hydrogen) atoms. The summed E-state index contributed by atoms with van der Waals surface area (Å²) >= 11 is 0. The molecule has 1 saturated carbocycles. The first kappa shape index (κ1) is 11.6. The Labute approximate surface area is 96.3 Å². The van der Waals surface area contributed by atoms with Gasteiger partial charge in [0.25, 0.3) is 0 Å². The normalized spacial score (nSPS) is 19.7. The van der Waals surface area contributed by atoms with E-state index >= 15 is 0 Å². The van der Waals surface area contributed by atoms with Gasteiger partial charge in [0.2, 0.25) is 0 Å². The predicted molar refractivity (Wildman–Crippen MR) is 62.7 cm³/mol. The molecule has 1 aliphatic rings. The summed E-state index contributed by atoms with van der Waals surface area (Å²) in [4.78, 5) is 0. The smallest absolute Gasteiger partial charge is 0.123 e. The number of rotatable bonds is 2. The standard InChI is InChI=1S/C14H19FO/c1-10-7-12(9-13(15)8-10)14(16)11-5-3-2-4-6-11/h7-9,11,14,16H,2-6H2,1H3. The Morgan fingerprint density at radius 2 is 1.88 bits per heavy atom. The second kappa shape index (κ2) is 4.96. The van der Waals surface area contributed by atoms with Crippen molar-refractivity contribution in [2.45, 2.75) is 45.1 Å².